The zero-order valence-corrected chi connectivity index (χ0v) is 16.2. The Kier molecular flexibility index (Phi) is 10.6. The van der Waals surface area contributed by atoms with Crippen LogP contribution in [0.25, 0.3) is 0 Å². The van der Waals surface area contributed by atoms with Crippen molar-refractivity contribution in [2.24, 2.45) is 11.8 Å². The van der Waals surface area contributed by atoms with Crippen molar-refractivity contribution in [1.29, 1.82) is 0 Å². The van der Waals surface area contributed by atoms with Gasteiger partial charge in [0.25, 0.3) is 0 Å². The van der Waals surface area contributed by atoms with Crippen LogP contribution in [0.15, 0.2) is 0 Å². The summed E-state index contributed by atoms with van der Waals surface area (Å²) < 4.78 is 0. The highest BCUT2D eigenvalue weighted by atomic mass is 35.5. The van der Waals surface area contributed by atoms with Crippen LogP contribution in [0.2, 0.25) is 0 Å². The fourth-order valence-electron chi connectivity index (χ4n) is 3.69. The van der Waals surface area contributed by atoms with E-state index in [1.54, 1.807) is 0 Å². The molecule has 2 amide bonds. The van der Waals surface area contributed by atoms with Crippen molar-refractivity contribution in [3.63, 3.8) is 0 Å². The lowest BCUT2D eigenvalue weighted by Crippen LogP contribution is -2.40. The minimum Gasteiger partial charge on any atom is -0.481 e. The van der Waals surface area contributed by atoms with Gasteiger partial charge in [-0.05, 0) is 57.0 Å². The summed E-state index contributed by atoms with van der Waals surface area (Å²) in [6.07, 6.45) is 6.07. The normalized spacial score (nSPS) is 18.8. The highest BCUT2D eigenvalue weighted by molar-refractivity contribution is 5.85. The van der Waals surface area contributed by atoms with E-state index in [0.29, 0.717) is 24.7 Å². The van der Waals surface area contributed by atoms with Crippen LogP contribution in [0, 0.1) is 11.8 Å². The minimum atomic E-state index is -0.906. The average molecular weight is 390 g/mol. The monoisotopic (exact) mass is 389 g/mol. The second-order valence-corrected chi connectivity index (χ2v) is 7.25. The van der Waals surface area contributed by atoms with E-state index >= 15 is 0 Å². The van der Waals surface area contributed by atoms with Gasteiger partial charge in [0.1, 0.15) is 0 Å². The molecule has 2 aliphatic heterocycles. The van der Waals surface area contributed by atoms with Gasteiger partial charge in [0.2, 0.25) is 11.8 Å². The zero-order chi connectivity index (χ0) is 18.1. The van der Waals surface area contributed by atoms with E-state index < -0.39 is 5.97 Å². The van der Waals surface area contributed by atoms with Gasteiger partial charge in [0.05, 0.1) is 6.42 Å². The van der Waals surface area contributed by atoms with Crippen LogP contribution in [-0.2, 0) is 14.4 Å². The van der Waals surface area contributed by atoms with Gasteiger partial charge in [-0.15, -0.1) is 12.4 Å². The van der Waals surface area contributed by atoms with E-state index in [2.05, 4.69) is 10.6 Å². The first-order chi connectivity index (χ1) is 12.0. The van der Waals surface area contributed by atoms with Crippen molar-refractivity contribution in [2.75, 3.05) is 32.7 Å². The summed E-state index contributed by atoms with van der Waals surface area (Å²) in [4.78, 5) is 36.5. The summed E-state index contributed by atoms with van der Waals surface area (Å²) in [5.74, 6) is 0.229. The quantitative estimate of drug-likeness (QED) is 0.583. The Morgan fingerprint density at radius 1 is 1.00 bits per heavy atom. The summed E-state index contributed by atoms with van der Waals surface area (Å²) in [5, 5.41) is 14.6. The van der Waals surface area contributed by atoms with Gasteiger partial charge in [-0.25, -0.2) is 0 Å². The first-order valence-electron chi connectivity index (χ1n) is 9.51. The van der Waals surface area contributed by atoms with Gasteiger partial charge in [-0.1, -0.05) is 0 Å². The van der Waals surface area contributed by atoms with Crippen LogP contribution in [0.4, 0.5) is 0 Å². The Bertz CT molecular complexity index is 461. The van der Waals surface area contributed by atoms with Crippen LogP contribution in [-0.4, -0.2) is 60.5 Å². The SMILES string of the molecule is Cl.O=C(O)CCNC(=O)CC1CCN(C(=O)CCC2CCNCC2)CC1. The highest BCUT2D eigenvalue weighted by Crippen LogP contribution is 2.23. The second kappa shape index (κ2) is 12.1. The third-order valence-electron chi connectivity index (χ3n) is 5.33. The van der Waals surface area contributed by atoms with Gasteiger partial charge < -0.3 is 20.6 Å². The number of hydrogen-bond donors (Lipinski definition) is 3. The number of piperidine rings is 2. The molecule has 8 heteroatoms. The number of nitrogens with zero attached hydrogens (tertiary/aromatic N) is 1. The lowest BCUT2D eigenvalue weighted by molar-refractivity contribution is -0.137. The molecule has 26 heavy (non-hydrogen) atoms. The maximum absolute atomic E-state index is 12.4. The molecule has 0 unspecified atom stereocenters. The lowest BCUT2D eigenvalue weighted by atomic mass is 9.91. The molecule has 0 spiro atoms. The molecule has 0 aromatic carbocycles. The van der Waals surface area contributed by atoms with Crippen LogP contribution < -0.4 is 10.6 Å². The van der Waals surface area contributed by atoms with E-state index in [9.17, 15) is 14.4 Å². The molecular weight excluding hydrogens is 358 g/mol. The molecule has 2 aliphatic rings. The Labute approximate surface area is 161 Å². The Hall–Kier alpha value is -1.34. The Balaban J connectivity index is 0.00000338. The highest BCUT2D eigenvalue weighted by Gasteiger charge is 2.25. The Morgan fingerprint density at radius 3 is 2.27 bits per heavy atom. The molecule has 3 N–H and O–H groups in total. The number of halogens is 1. The molecule has 2 rings (SSSR count). The smallest absolute Gasteiger partial charge is 0.305 e. The summed E-state index contributed by atoms with van der Waals surface area (Å²) >= 11 is 0. The van der Waals surface area contributed by atoms with Crippen molar-refractivity contribution >= 4 is 30.2 Å². The van der Waals surface area contributed by atoms with Crippen molar-refractivity contribution in [2.45, 2.75) is 51.4 Å². The number of carbonyl (C=O) groups is 3. The third kappa shape index (κ3) is 8.36. The van der Waals surface area contributed by atoms with Crippen molar-refractivity contribution < 1.29 is 19.5 Å². The fourth-order valence-corrected chi connectivity index (χ4v) is 3.69. The maximum atomic E-state index is 12.4. The van der Waals surface area contributed by atoms with E-state index in [1.165, 1.54) is 12.8 Å². The molecule has 7 nitrogen and oxygen atoms in total. The average Bonchev–Trinajstić information content (AvgIpc) is 2.61. The topological polar surface area (TPSA) is 98.7 Å². The molecule has 0 aromatic rings. The van der Waals surface area contributed by atoms with Crippen LogP contribution in [0.3, 0.4) is 0 Å². The van der Waals surface area contributed by atoms with Crippen molar-refractivity contribution in [1.82, 2.24) is 15.5 Å². The predicted octanol–water partition coefficient (Wildman–Crippen LogP) is 1.41. The molecule has 2 saturated heterocycles. The number of carboxylic acid groups (broad SMARTS) is 1. The molecule has 150 valence electrons. The number of carboxylic acids is 1. The van der Waals surface area contributed by atoms with Crippen LogP contribution in [0.5, 0.6) is 0 Å². The number of rotatable bonds is 8. The first kappa shape index (κ1) is 22.7. The molecule has 2 fully saturated rings. The number of carbonyl (C=O) groups excluding carboxylic acids is 2. The van der Waals surface area contributed by atoms with Crippen molar-refractivity contribution in [3.8, 4) is 0 Å². The molecule has 2 heterocycles. The van der Waals surface area contributed by atoms with Crippen LogP contribution >= 0.6 is 12.4 Å². The molecule has 0 radical (unpaired) electrons. The number of amides is 2. The van der Waals surface area contributed by atoms with Gasteiger partial charge in [-0.3, -0.25) is 14.4 Å². The van der Waals surface area contributed by atoms with Gasteiger partial charge in [0.15, 0.2) is 0 Å². The summed E-state index contributed by atoms with van der Waals surface area (Å²) in [6, 6.07) is 0. The number of hydrogen-bond acceptors (Lipinski definition) is 4. The third-order valence-corrected chi connectivity index (χ3v) is 5.33. The van der Waals surface area contributed by atoms with E-state index in [1.807, 2.05) is 4.90 Å². The summed E-state index contributed by atoms with van der Waals surface area (Å²) in [7, 11) is 0. The van der Waals surface area contributed by atoms with Crippen LogP contribution in [0.1, 0.15) is 51.4 Å². The Morgan fingerprint density at radius 2 is 1.65 bits per heavy atom. The van der Waals surface area contributed by atoms with E-state index in [4.69, 9.17) is 5.11 Å². The first-order valence-corrected chi connectivity index (χ1v) is 9.51. The van der Waals surface area contributed by atoms with E-state index in [-0.39, 0.29) is 37.2 Å². The second-order valence-electron chi connectivity index (χ2n) is 7.25. The van der Waals surface area contributed by atoms with Gasteiger partial charge in [-0.2, -0.15) is 0 Å². The summed E-state index contributed by atoms with van der Waals surface area (Å²) in [6.45, 7) is 3.79. The molecule has 0 saturated carbocycles. The fraction of sp³-hybridized carbons (Fsp3) is 0.833. The zero-order valence-electron chi connectivity index (χ0n) is 15.4. The largest absolute Gasteiger partial charge is 0.481 e. The number of nitrogens with one attached hydrogen (secondary N) is 2. The number of aliphatic carboxylic acids is 1. The molecular formula is C18H32ClN3O4. The molecule has 0 aromatic heterocycles. The standard InChI is InChI=1S/C18H31N3O4.ClH/c22-16(20-10-5-18(24)25)13-15-6-11-21(12-7-15)17(23)2-1-14-3-8-19-9-4-14;/h14-15,19H,1-13H2,(H,20,22)(H,24,25);1H. The summed E-state index contributed by atoms with van der Waals surface area (Å²) in [5.41, 5.74) is 0. The molecule has 0 atom stereocenters. The molecule has 0 bridgehead atoms. The molecule has 0 aliphatic carbocycles. The predicted molar refractivity (Wildman–Crippen MR) is 101 cm³/mol. The lowest BCUT2D eigenvalue weighted by Gasteiger charge is -2.32. The van der Waals surface area contributed by atoms with Gasteiger partial charge >= 0.3 is 5.97 Å². The minimum absolute atomic E-state index is 0. The number of likely N-dealkylation sites (tertiary alicyclic amines) is 1. The van der Waals surface area contributed by atoms with E-state index in [0.717, 1.165) is 45.4 Å². The van der Waals surface area contributed by atoms with Gasteiger partial charge in [0, 0.05) is 32.5 Å². The van der Waals surface area contributed by atoms with Crippen molar-refractivity contribution in [3.05, 3.63) is 0 Å². The maximum Gasteiger partial charge on any atom is 0.305 e.